The Morgan fingerprint density at radius 1 is 1.25 bits per heavy atom. The first-order chi connectivity index (χ1) is 12.9. The smallest absolute Gasteiger partial charge is 0.405 e. The molecule has 1 saturated heterocycles. The quantitative estimate of drug-likeness (QED) is 0.192. The van der Waals surface area contributed by atoms with Crippen molar-refractivity contribution >= 4 is 34.1 Å². The fourth-order valence-corrected chi connectivity index (χ4v) is 2.80. The molecule has 28 heavy (non-hydrogen) atoms. The number of β-lactam (4-membered cyclic amide) rings is 1. The van der Waals surface area contributed by atoms with E-state index in [4.69, 9.17) is 10.2 Å². The van der Waals surface area contributed by atoms with Gasteiger partial charge < -0.3 is 20.5 Å². The highest BCUT2D eigenvalue weighted by atomic mass is 32.2. The van der Waals surface area contributed by atoms with Gasteiger partial charge >= 0.3 is 22.3 Å². The lowest BCUT2D eigenvalue weighted by Crippen LogP contribution is -2.73. The number of carboxylic acid groups (broad SMARTS) is 1. The van der Waals surface area contributed by atoms with E-state index in [1.54, 1.807) is 5.43 Å². The van der Waals surface area contributed by atoms with Gasteiger partial charge in [-0.15, -0.1) is 4.83 Å². The van der Waals surface area contributed by atoms with Gasteiger partial charge in [0, 0.05) is 12.3 Å². The number of carbonyl (C=O) groups is 4. The van der Waals surface area contributed by atoms with Crippen LogP contribution in [0, 0.1) is 0 Å². The summed E-state index contributed by atoms with van der Waals surface area (Å²) in [5.41, 5.74) is 0.396. The second kappa shape index (κ2) is 7.53. The van der Waals surface area contributed by atoms with E-state index >= 15 is 0 Å². The molecular formula is C12H14N6O9S. The number of hydrazine groups is 1. The van der Waals surface area contributed by atoms with Crippen LogP contribution in [-0.4, -0.2) is 64.5 Å². The maximum absolute atomic E-state index is 11.9. The maximum atomic E-state index is 11.9. The van der Waals surface area contributed by atoms with Crippen molar-refractivity contribution in [3.63, 3.8) is 0 Å². The molecule has 0 bridgehead atoms. The molecule has 16 heteroatoms. The minimum Gasteiger partial charge on any atom is -0.503 e. The number of aromatic nitrogens is 1. The number of nitrogens with zero attached hydrogens (tertiary/aromatic N) is 1. The molecule has 7 N–H and O–H groups in total. The highest BCUT2D eigenvalue weighted by Crippen LogP contribution is 2.19. The molecule has 0 saturated carbocycles. The molecule has 2 rings (SSSR count). The van der Waals surface area contributed by atoms with E-state index in [9.17, 15) is 32.4 Å². The molecule has 0 spiro atoms. The highest BCUT2D eigenvalue weighted by molar-refractivity contribution is 7.88. The first kappa shape index (κ1) is 20.6. The Morgan fingerprint density at radius 2 is 1.89 bits per heavy atom. The summed E-state index contributed by atoms with van der Waals surface area (Å²) in [5, 5.41) is 19.5. The first-order valence-corrected chi connectivity index (χ1v) is 8.79. The monoisotopic (exact) mass is 418 g/mol. The van der Waals surface area contributed by atoms with Crippen LogP contribution in [0.1, 0.15) is 17.4 Å². The number of carbonyl (C=O) groups excluding carboxylic acids is 3. The molecular weight excluding hydrogens is 404 g/mol. The Bertz CT molecular complexity index is 1000. The molecule has 1 aliphatic heterocycles. The van der Waals surface area contributed by atoms with Crippen LogP contribution >= 0.6 is 0 Å². The third-order valence-electron chi connectivity index (χ3n) is 3.55. The fourth-order valence-electron chi connectivity index (χ4n) is 2.19. The number of aromatic hydroxyl groups is 1. The predicted octanol–water partition coefficient (Wildman–Crippen LogP) is -2.86. The van der Waals surface area contributed by atoms with E-state index in [-0.39, 0.29) is 0 Å². The molecule has 1 fully saturated rings. The van der Waals surface area contributed by atoms with Crippen LogP contribution in [-0.2, 0) is 15.0 Å². The Hall–Kier alpha value is -3.66. The van der Waals surface area contributed by atoms with Gasteiger partial charge in [0.1, 0.15) is 11.7 Å². The van der Waals surface area contributed by atoms with Gasteiger partial charge in [-0.2, -0.15) is 8.42 Å². The molecule has 5 amide bonds. The highest BCUT2D eigenvalue weighted by Gasteiger charge is 2.49. The number of pyridine rings is 1. The van der Waals surface area contributed by atoms with Gasteiger partial charge in [0.05, 0.1) is 6.04 Å². The number of imide groups is 1. The molecule has 1 aromatic rings. The molecule has 1 aromatic heterocycles. The van der Waals surface area contributed by atoms with Crippen LogP contribution in [0.3, 0.4) is 0 Å². The summed E-state index contributed by atoms with van der Waals surface area (Å²) in [6, 6.07) is -2.82. The summed E-state index contributed by atoms with van der Waals surface area (Å²) in [4.78, 5) is 61.4. The fraction of sp³-hybridized carbons (Fsp3) is 0.250. The normalized spacial score (nSPS) is 18.8. The topological polar surface area (TPSA) is 227 Å². The van der Waals surface area contributed by atoms with Crippen molar-refractivity contribution in [3.05, 3.63) is 28.2 Å². The SMILES string of the molecule is CC1[C@H](NC(=O)O)C(=O)N1C(=O)NS(=O)(=O)NNC(=O)c1cc(=O)c(O)c[nH]1. The molecule has 0 aliphatic carbocycles. The number of aromatic amines is 1. The first-order valence-electron chi connectivity index (χ1n) is 7.31. The second-order valence-electron chi connectivity index (χ2n) is 5.44. The van der Waals surface area contributed by atoms with Gasteiger partial charge in [0.25, 0.3) is 11.8 Å². The Labute approximate surface area is 155 Å². The van der Waals surface area contributed by atoms with E-state index in [0.717, 1.165) is 6.20 Å². The third-order valence-corrected chi connectivity index (χ3v) is 4.36. The molecule has 0 radical (unpaired) electrons. The molecule has 0 aromatic carbocycles. The van der Waals surface area contributed by atoms with Gasteiger partial charge in [-0.05, 0) is 6.92 Å². The summed E-state index contributed by atoms with van der Waals surface area (Å²) >= 11 is 0. The van der Waals surface area contributed by atoms with Crippen LogP contribution in [0.25, 0.3) is 0 Å². The van der Waals surface area contributed by atoms with Crippen LogP contribution in [0.5, 0.6) is 5.75 Å². The zero-order valence-electron chi connectivity index (χ0n) is 13.9. The predicted molar refractivity (Wildman–Crippen MR) is 88.0 cm³/mol. The largest absolute Gasteiger partial charge is 0.503 e. The molecule has 1 unspecified atom stereocenters. The Kier molecular flexibility index (Phi) is 5.55. The third kappa shape index (κ3) is 4.35. The van der Waals surface area contributed by atoms with Gasteiger partial charge in [0.15, 0.2) is 5.75 Å². The van der Waals surface area contributed by atoms with E-state index in [0.29, 0.717) is 11.0 Å². The number of likely N-dealkylation sites (tertiary alicyclic amines) is 1. The number of amides is 5. The standard InChI is InChI=1S/C12H14N6O9S/c1-4-8(14-12(24)25)10(22)18(4)11(23)16-28(26,27)17-15-9(21)5-2-6(19)7(20)3-13-5/h2-4,8,14,17,20H,1H3,(H,13,19)(H,15,21)(H,16,23)(H,24,25)/t4?,8-/m0/s1. The Morgan fingerprint density at radius 3 is 2.43 bits per heavy atom. The minimum atomic E-state index is -4.66. The zero-order chi connectivity index (χ0) is 21.2. The molecule has 2 atom stereocenters. The van der Waals surface area contributed by atoms with Crippen LogP contribution in [0.2, 0.25) is 0 Å². The summed E-state index contributed by atoms with van der Waals surface area (Å²) < 4.78 is 25.0. The molecule has 152 valence electrons. The average Bonchev–Trinajstić information content (AvgIpc) is 2.59. The van der Waals surface area contributed by atoms with Gasteiger partial charge in [-0.25, -0.2) is 14.3 Å². The summed E-state index contributed by atoms with van der Waals surface area (Å²) in [6.07, 6.45) is -0.680. The molecule has 15 nitrogen and oxygen atoms in total. The molecule has 2 heterocycles. The van der Waals surface area contributed by atoms with Crippen LogP contribution in [0.15, 0.2) is 17.1 Å². The zero-order valence-corrected chi connectivity index (χ0v) is 14.7. The number of hydrogen-bond donors (Lipinski definition) is 7. The van der Waals surface area contributed by atoms with Gasteiger partial charge in [-0.3, -0.25) is 24.7 Å². The van der Waals surface area contributed by atoms with Crippen molar-refractivity contribution in [1.82, 2.24) is 30.2 Å². The number of nitrogens with one attached hydrogen (secondary N) is 5. The lowest BCUT2D eigenvalue weighted by atomic mass is 9.98. The van der Waals surface area contributed by atoms with Crippen molar-refractivity contribution in [3.8, 4) is 5.75 Å². The van der Waals surface area contributed by atoms with Crippen molar-refractivity contribution in [2.45, 2.75) is 19.0 Å². The van der Waals surface area contributed by atoms with Gasteiger partial charge in [0.2, 0.25) is 5.43 Å². The minimum absolute atomic E-state index is 0.397. The summed E-state index contributed by atoms with van der Waals surface area (Å²) in [7, 11) is -4.66. The van der Waals surface area contributed by atoms with Crippen LogP contribution < -0.4 is 25.7 Å². The van der Waals surface area contributed by atoms with E-state index in [1.807, 2.05) is 5.32 Å². The maximum Gasteiger partial charge on any atom is 0.405 e. The number of hydrogen-bond acceptors (Lipinski definition) is 8. The molecule has 1 aliphatic rings. The van der Waals surface area contributed by atoms with E-state index in [2.05, 4.69) is 4.98 Å². The number of H-pyrrole nitrogens is 1. The number of urea groups is 1. The van der Waals surface area contributed by atoms with Crippen molar-refractivity contribution in [1.29, 1.82) is 0 Å². The second-order valence-corrected chi connectivity index (χ2v) is 6.85. The lowest BCUT2D eigenvalue weighted by molar-refractivity contribution is -0.143. The van der Waals surface area contributed by atoms with Gasteiger partial charge in [-0.1, -0.05) is 0 Å². The Balaban J connectivity index is 1.94. The average molecular weight is 418 g/mol. The lowest BCUT2D eigenvalue weighted by Gasteiger charge is -2.42. The summed E-state index contributed by atoms with van der Waals surface area (Å²) in [6.45, 7) is 1.31. The van der Waals surface area contributed by atoms with Crippen LogP contribution in [0.4, 0.5) is 9.59 Å². The number of rotatable bonds is 5. The van der Waals surface area contributed by atoms with Crippen molar-refractivity contribution < 1.29 is 37.8 Å². The van der Waals surface area contributed by atoms with E-state index in [1.165, 1.54) is 16.5 Å². The van der Waals surface area contributed by atoms with E-state index < -0.39 is 63.1 Å². The van der Waals surface area contributed by atoms with Crippen molar-refractivity contribution in [2.75, 3.05) is 0 Å². The summed E-state index contributed by atoms with van der Waals surface area (Å²) in [5.74, 6) is -2.74. The van der Waals surface area contributed by atoms with Crippen molar-refractivity contribution in [2.24, 2.45) is 0 Å².